The summed E-state index contributed by atoms with van der Waals surface area (Å²) in [4.78, 5) is 0. The Morgan fingerprint density at radius 3 is 2.29 bits per heavy atom. The fourth-order valence-electron chi connectivity index (χ4n) is 2.52. The van der Waals surface area contributed by atoms with Gasteiger partial charge in [0.15, 0.2) is 0 Å². The number of hydrogen-bond donors (Lipinski definition) is 4. The number of rotatable bonds is 3. The number of aliphatic hydroxyl groups excluding tert-OH is 1. The second kappa shape index (κ2) is 5.66. The lowest BCUT2D eigenvalue weighted by Gasteiger charge is -2.16. The number of aliphatic hydroxyl groups is 1. The average Bonchev–Trinajstić information content (AvgIpc) is 2.46. The first-order valence-corrected chi connectivity index (χ1v) is 6.92. The van der Waals surface area contributed by atoms with Crippen LogP contribution in [0.1, 0.15) is 33.4 Å². The van der Waals surface area contributed by atoms with Crippen LogP contribution < -0.4 is 11.5 Å². The van der Waals surface area contributed by atoms with Gasteiger partial charge in [-0.25, -0.2) is 0 Å². The van der Waals surface area contributed by atoms with E-state index in [4.69, 9.17) is 11.5 Å². The predicted octanol–water partition coefficient (Wildman–Crippen LogP) is 2.56. The number of benzene rings is 2. The molecular weight excluding hydrogens is 264 g/mol. The van der Waals surface area contributed by atoms with Gasteiger partial charge in [0.05, 0.1) is 6.61 Å². The molecule has 4 heteroatoms. The summed E-state index contributed by atoms with van der Waals surface area (Å²) in [6, 6.07) is 5.64. The molecule has 0 spiro atoms. The number of anilines is 2. The molecule has 0 aliphatic heterocycles. The van der Waals surface area contributed by atoms with Gasteiger partial charge >= 0.3 is 0 Å². The van der Waals surface area contributed by atoms with Gasteiger partial charge in [-0.2, -0.15) is 0 Å². The van der Waals surface area contributed by atoms with Gasteiger partial charge in [0.25, 0.3) is 0 Å². The van der Waals surface area contributed by atoms with Crippen LogP contribution in [-0.4, -0.2) is 10.2 Å². The average molecular weight is 286 g/mol. The van der Waals surface area contributed by atoms with Crippen molar-refractivity contribution in [3.05, 3.63) is 51.6 Å². The van der Waals surface area contributed by atoms with Gasteiger partial charge in [-0.05, 0) is 49.1 Å². The Balaban J connectivity index is 2.51. The number of phenols is 1. The van der Waals surface area contributed by atoms with Gasteiger partial charge in [0.2, 0.25) is 0 Å². The van der Waals surface area contributed by atoms with E-state index in [0.717, 1.165) is 27.8 Å². The maximum absolute atomic E-state index is 10.3. The third-order valence-electron chi connectivity index (χ3n) is 4.20. The summed E-state index contributed by atoms with van der Waals surface area (Å²) in [6.07, 6.45) is 0.484. The number of phenolic OH excluding ortho intramolecular Hbond substituents is 1. The van der Waals surface area contributed by atoms with Crippen molar-refractivity contribution >= 4 is 11.4 Å². The molecule has 0 aromatic heterocycles. The maximum Gasteiger partial charge on any atom is 0.122 e. The minimum absolute atomic E-state index is 0.121. The van der Waals surface area contributed by atoms with Crippen molar-refractivity contribution in [2.45, 2.75) is 33.8 Å². The number of hydrogen-bond acceptors (Lipinski definition) is 4. The Morgan fingerprint density at radius 1 is 1.00 bits per heavy atom. The van der Waals surface area contributed by atoms with E-state index < -0.39 is 0 Å². The lowest BCUT2D eigenvalue weighted by atomic mass is 9.93. The number of aromatic hydroxyl groups is 1. The smallest absolute Gasteiger partial charge is 0.122 e. The maximum atomic E-state index is 10.3. The predicted molar refractivity (Wildman–Crippen MR) is 86.3 cm³/mol. The largest absolute Gasteiger partial charge is 0.507 e. The highest BCUT2D eigenvalue weighted by Crippen LogP contribution is 2.32. The SMILES string of the molecule is Cc1ccc(Cc2cc(N)c(C)c(C)c2O)c(CO)c1N. The van der Waals surface area contributed by atoms with Crippen molar-refractivity contribution in [1.82, 2.24) is 0 Å². The van der Waals surface area contributed by atoms with Crippen LogP contribution in [0, 0.1) is 20.8 Å². The molecule has 4 nitrogen and oxygen atoms in total. The highest BCUT2D eigenvalue weighted by atomic mass is 16.3. The zero-order valence-corrected chi connectivity index (χ0v) is 12.7. The van der Waals surface area contributed by atoms with Gasteiger partial charge < -0.3 is 21.7 Å². The van der Waals surface area contributed by atoms with Crippen LogP contribution >= 0.6 is 0 Å². The quantitative estimate of drug-likeness (QED) is 0.515. The molecule has 0 saturated heterocycles. The second-order valence-corrected chi connectivity index (χ2v) is 5.49. The summed E-state index contributed by atoms with van der Waals surface area (Å²) in [5.41, 5.74) is 18.2. The standard InChI is InChI=1S/C17H22N2O2/c1-9-4-5-12(14(8-20)16(9)19)6-13-7-15(18)10(2)11(3)17(13)21/h4-5,7,20-21H,6,8,18-19H2,1-3H3. The van der Waals surface area contributed by atoms with Crippen molar-refractivity contribution in [2.24, 2.45) is 0 Å². The summed E-state index contributed by atoms with van der Waals surface area (Å²) in [5, 5.41) is 19.9. The zero-order valence-electron chi connectivity index (χ0n) is 12.7. The van der Waals surface area contributed by atoms with E-state index in [1.807, 2.05) is 32.9 Å². The van der Waals surface area contributed by atoms with E-state index in [-0.39, 0.29) is 12.4 Å². The molecule has 0 bridgehead atoms. The zero-order chi connectivity index (χ0) is 15.7. The fraction of sp³-hybridized carbons (Fsp3) is 0.294. The number of aryl methyl sites for hydroxylation is 1. The lowest BCUT2D eigenvalue weighted by Crippen LogP contribution is -2.04. The Labute approximate surface area is 125 Å². The summed E-state index contributed by atoms with van der Waals surface area (Å²) in [6.45, 7) is 5.52. The molecule has 0 unspecified atom stereocenters. The summed E-state index contributed by atoms with van der Waals surface area (Å²) in [7, 11) is 0. The molecule has 2 aromatic rings. The van der Waals surface area contributed by atoms with Crippen LogP contribution in [0.5, 0.6) is 5.75 Å². The van der Waals surface area contributed by atoms with Crippen LogP contribution in [0.25, 0.3) is 0 Å². The second-order valence-electron chi connectivity index (χ2n) is 5.49. The Kier molecular flexibility index (Phi) is 4.09. The number of nitrogens with two attached hydrogens (primary N) is 2. The monoisotopic (exact) mass is 286 g/mol. The molecule has 0 fully saturated rings. The first-order chi connectivity index (χ1) is 9.86. The third-order valence-corrected chi connectivity index (χ3v) is 4.20. The van der Waals surface area contributed by atoms with Crippen molar-refractivity contribution in [2.75, 3.05) is 11.5 Å². The van der Waals surface area contributed by atoms with Gasteiger partial charge in [-0.1, -0.05) is 12.1 Å². The summed E-state index contributed by atoms with van der Waals surface area (Å²) in [5.74, 6) is 0.254. The molecule has 0 amide bonds. The van der Waals surface area contributed by atoms with Gasteiger partial charge in [-0.3, -0.25) is 0 Å². The van der Waals surface area contributed by atoms with Crippen LogP contribution in [0.3, 0.4) is 0 Å². The topological polar surface area (TPSA) is 92.5 Å². The van der Waals surface area contributed by atoms with Crippen molar-refractivity contribution < 1.29 is 10.2 Å². The molecule has 21 heavy (non-hydrogen) atoms. The van der Waals surface area contributed by atoms with Gasteiger partial charge in [-0.15, -0.1) is 0 Å². The van der Waals surface area contributed by atoms with Gasteiger partial charge in [0, 0.05) is 28.9 Å². The Hall–Kier alpha value is -2.20. The number of nitrogen functional groups attached to an aromatic ring is 2. The van der Waals surface area contributed by atoms with E-state index in [1.165, 1.54) is 0 Å². The van der Waals surface area contributed by atoms with E-state index in [2.05, 4.69) is 0 Å². The summed E-state index contributed by atoms with van der Waals surface area (Å²) >= 11 is 0. The Morgan fingerprint density at radius 2 is 1.67 bits per heavy atom. The molecular formula is C17H22N2O2. The molecule has 0 radical (unpaired) electrons. The molecule has 2 aromatic carbocycles. The summed E-state index contributed by atoms with van der Waals surface area (Å²) < 4.78 is 0. The van der Waals surface area contributed by atoms with Crippen LogP contribution in [0.15, 0.2) is 18.2 Å². The van der Waals surface area contributed by atoms with E-state index >= 15 is 0 Å². The molecule has 2 rings (SSSR count). The van der Waals surface area contributed by atoms with Crippen LogP contribution in [0.4, 0.5) is 11.4 Å². The Bertz CT molecular complexity index is 694. The van der Waals surface area contributed by atoms with Crippen LogP contribution in [-0.2, 0) is 13.0 Å². The highest BCUT2D eigenvalue weighted by molar-refractivity contribution is 5.62. The highest BCUT2D eigenvalue weighted by Gasteiger charge is 2.14. The molecule has 0 saturated carbocycles. The van der Waals surface area contributed by atoms with Gasteiger partial charge in [0.1, 0.15) is 5.75 Å². The van der Waals surface area contributed by atoms with Crippen molar-refractivity contribution in [3.8, 4) is 5.75 Å². The first-order valence-electron chi connectivity index (χ1n) is 6.92. The molecule has 0 aliphatic carbocycles. The minimum atomic E-state index is -0.121. The van der Waals surface area contributed by atoms with Crippen molar-refractivity contribution in [1.29, 1.82) is 0 Å². The fourth-order valence-corrected chi connectivity index (χ4v) is 2.52. The van der Waals surface area contributed by atoms with Crippen molar-refractivity contribution in [3.63, 3.8) is 0 Å². The molecule has 6 N–H and O–H groups in total. The lowest BCUT2D eigenvalue weighted by molar-refractivity contribution is 0.281. The minimum Gasteiger partial charge on any atom is -0.507 e. The first kappa shape index (κ1) is 15.2. The third kappa shape index (κ3) is 2.67. The molecule has 0 aliphatic rings. The van der Waals surface area contributed by atoms with E-state index in [1.54, 1.807) is 6.07 Å². The van der Waals surface area contributed by atoms with E-state index in [9.17, 15) is 10.2 Å². The van der Waals surface area contributed by atoms with E-state index in [0.29, 0.717) is 23.4 Å². The molecule has 112 valence electrons. The molecule has 0 heterocycles. The normalized spacial score (nSPS) is 10.9. The molecule has 0 atom stereocenters. The van der Waals surface area contributed by atoms with Crippen LogP contribution in [0.2, 0.25) is 0 Å².